The Kier molecular flexibility index (Phi) is 14.1. The summed E-state index contributed by atoms with van der Waals surface area (Å²) in [6.07, 6.45) is 1.11. The van der Waals surface area contributed by atoms with Gasteiger partial charge in [-0.05, 0) is 48.4 Å². The lowest BCUT2D eigenvalue weighted by Crippen LogP contribution is -2.58. The second-order valence-electron chi connectivity index (χ2n) is 10.6. The Labute approximate surface area is 255 Å². The molecule has 14 nitrogen and oxygen atoms in total. The van der Waals surface area contributed by atoms with Gasteiger partial charge in [-0.3, -0.25) is 14.6 Å². The summed E-state index contributed by atoms with van der Waals surface area (Å²) in [5, 5.41) is 29.3. The van der Waals surface area contributed by atoms with Gasteiger partial charge in [-0.25, -0.2) is 9.59 Å². The summed E-state index contributed by atoms with van der Waals surface area (Å²) in [5.41, 5.74) is 12.1. The van der Waals surface area contributed by atoms with Crippen LogP contribution < -0.4 is 32.7 Å². The number of benzene rings is 2. The Morgan fingerprint density at radius 3 is 2.02 bits per heavy atom. The zero-order valence-electron chi connectivity index (χ0n) is 24.7. The number of phenolic OH excluding ortho intramolecular Hbond substituents is 1. The molecule has 0 bridgehead atoms. The zero-order valence-corrected chi connectivity index (χ0v) is 24.7. The van der Waals surface area contributed by atoms with E-state index in [-0.39, 0.29) is 43.9 Å². The lowest BCUT2D eigenvalue weighted by molar-refractivity contribution is -0.139. The van der Waals surface area contributed by atoms with Gasteiger partial charge >= 0.3 is 12.0 Å². The van der Waals surface area contributed by atoms with Gasteiger partial charge in [0.2, 0.25) is 11.8 Å². The molecule has 0 fully saturated rings. The van der Waals surface area contributed by atoms with Crippen LogP contribution in [0.4, 0.5) is 4.79 Å². The van der Waals surface area contributed by atoms with Crippen LogP contribution in [0.1, 0.15) is 37.8 Å². The molecule has 0 radical (unpaired) electrons. The Hall–Kier alpha value is -5.14. The van der Waals surface area contributed by atoms with E-state index < -0.39 is 53.9 Å². The summed E-state index contributed by atoms with van der Waals surface area (Å²) in [5.74, 6) is -3.05. The number of nitrogens with two attached hydrogens (primary N) is 2. The molecule has 0 aromatic heterocycles. The first kappa shape index (κ1) is 35.1. The van der Waals surface area contributed by atoms with E-state index in [9.17, 15) is 34.2 Å². The summed E-state index contributed by atoms with van der Waals surface area (Å²) in [7, 11) is 0. The Morgan fingerprint density at radius 2 is 1.45 bits per heavy atom. The molecule has 0 aliphatic rings. The van der Waals surface area contributed by atoms with Crippen LogP contribution in [0.25, 0.3) is 0 Å². The van der Waals surface area contributed by atoms with Gasteiger partial charge in [-0.1, -0.05) is 56.3 Å². The van der Waals surface area contributed by atoms with E-state index >= 15 is 0 Å². The van der Waals surface area contributed by atoms with Crippen LogP contribution >= 0.6 is 0 Å². The average Bonchev–Trinajstić information content (AvgIpc) is 2.97. The Bertz CT molecular complexity index is 1280. The van der Waals surface area contributed by atoms with Gasteiger partial charge in [0.05, 0.1) is 6.04 Å². The smallest absolute Gasteiger partial charge is 0.326 e. The molecular formula is C30H41N7O7. The monoisotopic (exact) mass is 611 g/mol. The highest BCUT2D eigenvalue weighted by Gasteiger charge is 2.30. The fourth-order valence-electron chi connectivity index (χ4n) is 4.26. The van der Waals surface area contributed by atoms with Crippen molar-refractivity contribution in [3.05, 3.63) is 65.7 Å². The molecule has 0 heterocycles. The molecule has 0 spiro atoms. The number of carboxylic acid groups (broad SMARTS) is 1. The molecule has 4 amide bonds. The molecular weight excluding hydrogens is 570 g/mol. The minimum atomic E-state index is -1.27. The van der Waals surface area contributed by atoms with E-state index in [0.29, 0.717) is 17.4 Å². The highest BCUT2D eigenvalue weighted by atomic mass is 16.4. The van der Waals surface area contributed by atoms with E-state index in [4.69, 9.17) is 11.5 Å². The summed E-state index contributed by atoms with van der Waals surface area (Å²) in [4.78, 5) is 66.9. The number of nitrogens with zero attached hydrogens (tertiary/aromatic N) is 1. The molecule has 0 saturated carbocycles. The van der Waals surface area contributed by atoms with Gasteiger partial charge in [0.15, 0.2) is 5.96 Å². The van der Waals surface area contributed by atoms with Gasteiger partial charge in [-0.15, -0.1) is 0 Å². The minimum absolute atomic E-state index is 0.0165. The van der Waals surface area contributed by atoms with Crippen molar-refractivity contribution in [2.75, 3.05) is 6.54 Å². The zero-order chi connectivity index (χ0) is 32.6. The van der Waals surface area contributed by atoms with E-state index in [0.717, 1.165) is 0 Å². The largest absolute Gasteiger partial charge is 0.508 e. The number of phenols is 1. The van der Waals surface area contributed by atoms with Gasteiger partial charge in [-0.2, -0.15) is 0 Å². The maximum Gasteiger partial charge on any atom is 0.326 e. The first-order valence-electron chi connectivity index (χ1n) is 14.1. The Balaban J connectivity index is 2.13. The molecule has 0 aliphatic carbocycles. The normalized spacial score (nSPS) is 13.4. The van der Waals surface area contributed by atoms with E-state index in [1.54, 1.807) is 56.3 Å². The first-order chi connectivity index (χ1) is 20.9. The van der Waals surface area contributed by atoms with E-state index in [1.165, 1.54) is 12.1 Å². The number of hydrogen-bond acceptors (Lipinski definition) is 7. The third kappa shape index (κ3) is 12.4. The topological polar surface area (TPSA) is 238 Å². The maximum atomic E-state index is 13.4. The van der Waals surface area contributed by atoms with Crippen LogP contribution in [-0.4, -0.2) is 77.0 Å². The molecule has 44 heavy (non-hydrogen) atoms. The van der Waals surface area contributed by atoms with Gasteiger partial charge in [0.25, 0.3) is 0 Å². The molecule has 2 aromatic rings. The van der Waals surface area contributed by atoms with Crippen LogP contribution in [0.2, 0.25) is 0 Å². The fraction of sp³-hybridized carbons (Fsp3) is 0.400. The van der Waals surface area contributed by atoms with Crippen molar-refractivity contribution in [3.8, 4) is 5.75 Å². The maximum absolute atomic E-state index is 13.4. The average molecular weight is 612 g/mol. The lowest BCUT2D eigenvalue weighted by atomic mass is 10.0. The molecule has 2 aromatic carbocycles. The van der Waals surface area contributed by atoms with Crippen molar-refractivity contribution in [1.29, 1.82) is 0 Å². The van der Waals surface area contributed by atoms with Crippen LogP contribution in [-0.2, 0) is 32.0 Å². The number of amides is 4. The number of urea groups is 1. The second kappa shape index (κ2) is 17.7. The van der Waals surface area contributed by atoms with Crippen LogP contribution in [0.15, 0.2) is 59.6 Å². The SMILES string of the molecule is CC(C)[C@H](NC(=O)[C@H](CCCN=C(N)N)NC(=O)N[C@@H](Cc1ccccc1)C(=O)O)C(=O)N[C@H](C=O)Cc1ccc(O)cc1. The Morgan fingerprint density at radius 1 is 0.841 bits per heavy atom. The van der Waals surface area contributed by atoms with Gasteiger partial charge in [0.1, 0.15) is 30.2 Å². The molecule has 0 saturated heterocycles. The van der Waals surface area contributed by atoms with Crippen LogP contribution in [0.5, 0.6) is 5.75 Å². The highest BCUT2D eigenvalue weighted by Crippen LogP contribution is 2.12. The predicted octanol–water partition coefficient (Wildman–Crippen LogP) is 0.177. The standard InChI is InChI=1S/C30H41N7O7/c1-18(2)25(27(41)34-21(17-38)15-20-10-12-22(39)13-11-20)37-26(40)23(9-6-14-33-29(31)32)35-30(44)36-24(28(42)43)16-19-7-4-3-5-8-19/h3-5,7-8,10-13,17-18,21,23-25,39H,6,9,14-16H2,1-2H3,(H,34,41)(H,37,40)(H,42,43)(H4,31,32,33)(H2,35,36,44)/t21-,23-,24-,25-/m0/s1. The van der Waals surface area contributed by atoms with Crippen molar-refractivity contribution in [2.24, 2.45) is 22.4 Å². The summed E-state index contributed by atoms with van der Waals surface area (Å²) < 4.78 is 0. The fourth-order valence-corrected chi connectivity index (χ4v) is 4.26. The second-order valence-corrected chi connectivity index (χ2v) is 10.6. The molecule has 2 rings (SSSR count). The molecule has 10 N–H and O–H groups in total. The van der Waals surface area contributed by atoms with E-state index in [1.807, 2.05) is 0 Å². The number of aldehydes is 1. The number of guanidine groups is 1. The number of carbonyl (C=O) groups is 5. The number of aliphatic imine (C=N–C) groups is 1. The number of aromatic hydroxyl groups is 1. The molecule has 4 atom stereocenters. The predicted molar refractivity (Wildman–Crippen MR) is 164 cm³/mol. The number of carbonyl (C=O) groups excluding carboxylic acids is 4. The first-order valence-corrected chi connectivity index (χ1v) is 14.1. The van der Waals surface area contributed by atoms with Crippen LogP contribution in [0, 0.1) is 5.92 Å². The third-order valence-corrected chi connectivity index (χ3v) is 6.58. The van der Waals surface area contributed by atoms with Crippen LogP contribution in [0.3, 0.4) is 0 Å². The van der Waals surface area contributed by atoms with Crippen molar-refractivity contribution < 1.29 is 34.2 Å². The number of rotatable bonds is 17. The number of hydrogen-bond donors (Lipinski definition) is 8. The van der Waals surface area contributed by atoms with Crippen molar-refractivity contribution in [1.82, 2.24) is 21.3 Å². The molecule has 14 heteroatoms. The van der Waals surface area contributed by atoms with Gasteiger partial charge < -0.3 is 47.7 Å². The van der Waals surface area contributed by atoms with Gasteiger partial charge in [0, 0.05) is 13.0 Å². The molecule has 0 aliphatic heterocycles. The summed E-state index contributed by atoms with van der Waals surface area (Å²) >= 11 is 0. The van der Waals surface area contributed by atoms with Crippen molar-refractivity contribution >= 4 is 36.1 Å². The summed E-state index contributed by atoms with van der Waals surface area (Å²) in [6, 6.07) is 9.60. The highest BCUT2D eigenvalue weighted by molar-refractivity contribution is 5.93. The molecule has 238 valence electrons. The quantitative estimate of drug-likeness (QED) is 0.0526. The number of nitrogens with one attached hydrogen (secondary N) is 4. The third-order valence-electron chi connectivity index (χ3n) is 6.58. The van der Waals surface area contributed by atoms with E-state index in [2.05, 4.69) is 26.3 Å². The number of carboxylic acids is 1. The lowest BCUT2D eigenvalue weighted by Gasteiger charge is -2.27. The summed E-state index contributed by atoms with van der Waals surface area (Å²) in [6.45, 7) is 3.57. The molecule has 0 unspecified atom stereocenters. The van der Waals surface area contributed by atoms with Crippen molar-refractivity contribution in [2.45, 2.75) is 63.7 Å². The minimum Gasteiger partial charge on any atom is -0.508 e. The number of aliphatic carboxylic acids is 1. The van der Waals surface area contributed by atoms with Crippen molar-refractivity contribution in [3.63, 3.8) is 0 Å².